The predicted octanol–water partition coefficient (Wildman–Crippen LogP) is -1.84. The highest BCUT2D eigenvalue weighted by Crippen LogP contribution is 2.09. The van der Waals surface area contributed by atoms with E-state index >= 15 is 0 Å². The highest BCUT2D eigenvalue weighted by atomic mass is 32.2. The van der Waals surface area contributed by atoms with E-state index < -0.39 is 10.0 Å². The molecule has 1 aliphatic rings. The third kappa shape index (κ3) is 5.44. The number of primary sulfonamides is 1. The number of sulfonamides is 1. The van der Waals surface area contributed by atoms with Gasteiger partial charge >= 0.3 is 0 Å². The van der Waals surface area contributed by atoms with Crippen LogP contribution in [-0.2, 0) is 19.6 Å². The van der Waals surface area contributed by atoms with E-state index in [1.54, 1.807) is 7.11 Å². The first-order valence-corrected chi connectivity index (χ1v) is 7.18. The number of methoxy groups -OCH3 is 1. The smallest absolute Gasteiger partial charge is 0.237 e. The fourth-order valence-electron chi connectivity index (χ4n) is 1.69. The maximum atomic E-state index is 11.6. The van der Waals surface area contributed by atoms with Crippen molar-refractivity contribution in [3.05, 3.63) is 0 Å². The highest BCUT2D eigenvalue weighted by Gasteiger charge is 2.28. The minimum atomic E-state index is -3.44. The van der Waals surface area contributed by atoms with Crippen molar-refractivity contribution in [3.8, 4) is 0 Å². The van der Waals surface area contributed by atoms with E-state index in [4.69, 9.17) is 9.88 Å². The summed E-state index contributed by atoms with van der Waals surface area (Å²) in [4.78, 5) is 11.6. The van der Waals surface area contributed by atoms with E-state index in [-0.39, 0.29) is 23.8 Å². The summed E-state index contributed by atoms with van der Waals surface area (Å²) in [7, 11) is -1.83. The Hall–Kier alpha value is -0.700. The summed E-state index contributed by atoms with van der Waals surface area (Å²) >= 11 is 0. The van der Waals surface area contributed by atoms with E-state index in [0.717, 1.165) is 0 Å². The van der Waals surface area contributed by atoms with Crippen molar-refractivity contribution in [2.24, 2.45) is 5.14 Å². The molecule has 100 valence electrons. The second-order valence-corrected chi connectivity index (χ2v) is 5.80. The molecule has 1 heterocycles. The van der Waals surface area contributed by atoms with E-state index in [1.807, 2.05) is 0 Å². The van der Waals surface area contributed by atoms with Gasteiger partial charge in [0, 0.05) is 20.2 Å². The van der Waals surface area contributed by atoms with Gasteiger partial charge in [-0.1, -0.05) is 0 Å². The van der Waals surface area contributed by atoms with Crippen LogP contribution in [0.1, 0.15) is 12.8 Å². The van der Waals surface area contributed by atoms with Crippen molar-refractivity contribution < 1.29 is 17.9 Å². The van der Waals surface area contributed by atoms with Crippen LogP contribution in [0.4, 0.5) is 0 Å². The molecule has 0 bridgehead atoms. The lowest BCUT2D eigenvalue weighted by Gasteiger charge is -2.10. The first-order chi connectivity index (χ1) is 7.92. The normalized spacial score (nSPS) is 24.8. The lowest BCUT2D eigenvalue weighted by atomic mass is 10.2. The number of carbonyl (C=O) groups is 1. The number of rotatable bonds is 6. The summed E-state index contributed by atoms with van der Waals surface area (Å²) in [5.74, 6) is -0.245. The van der Waals surface area contributed by atoms with Crippen molar-refractivity contribution >= 4 is 15.9 Å². The van der Waals surface area contributed by atoms with Crippen LogP contribution in [0, 0.1) is 0 Å². The summed E-state index contributed by atoms with van der Waals surface area (Å²) in [5.41, 5.74) is 0. The molecule has 2 unspecified atom stereocenters. The Morgan fingerprint density at radius 2 is 2.29 bits per heavy atom. The number of nitrogens with two attached hydrogens (primary N) is 1. The Morgan fingerprint density at radius 1 is 1.59 bits per heavy atom. The Labute approximate surface area is 101 Å². The summed E-state index contributed by atoms with van der Waals surface area (Å²) in [6.45, 7) is 0.969. The third-order valence-corrected chi connectivity index (χ3v) is 3.50. The van der Waals surface area contributed by atoms with Gasteiger partial charge in [0.25, 0.3) is 0 Å². The molecule has 17 heavy (non-hydrogen) atoms. The molecule has 1 aliphatic heterocycles. The summed E-state index contributed by atoms with van der Waals surface area (Å²) in [6.07, 6.45) is 1.03. The fraction of sp³-hybridized carbons (Fsp3) is 0.889. The quantitative estimate of drug-likeness (QED) is 0.489. The topological polar surface area (TPSA) is 111 Å². The molecule has 1 rings (SSSR count). The summed E-state index contributed by atoms with van der Waals surface area (Å²) in [6, 6.07) is -0.255. The number of hydrogen-bond donors (Lipinski definition) is 3. The van der Waals surface area contributed by atoms with Gasteiger partial charge < -0.3 is 15.4 Å². The Balaban J connectivity index is 2.18. The van der Waals surface area contributed by atoms with Crippen molar-refractivity contribution in [1.29, 1.82) is 0 Å². The van der Waals surface area contributed by atoms with Crippen LogP contribution in [0.5, 0.6) is 0 Å². The van der Waals surface area contributed by atoms with E-state index in [0.29, 0.717) is 25.9 Å². The molecular weight excluding hydrogens is 246 g/mol. The van der Waals surface area contributed by atoms with Gasteiger partial charge in [-0.05, 0) is 12.8 Å². The molecule has 1 saturated heterocycles. The van der Waals surface area contributed by atoms with Crippen LogP contribution in [0.3, 0.4) is 0 Å². The molecule has 0 aromatic carbocycles. The molecule has 8 heteroatoms. The number of amides is 1. The minimum absolute atomic E-state index is 0.0650. The molecule has 0 spiro atoms. The van der Waals surface area contributed by atoms with Crippen LogP contribution in [-0.4, -0.2) is 52.4 Å². The van der Waals surface area contributed by atoms with Crippen molar-refractivity contribution in [3.63, 3.8) is 0 Å². The van der Waals surface area contributed by atoms with Gasteiger partial charge in [0.1, 0.15) is 0 Å². The van der Waals surface area contributed by atoms with Crippen LogP contribution in [0.2, 0.25) is 0 Å². The number of nitrogens with one attached hydrogen (secondary N) is 2. The van der Waals surface area contributed by atoms with Gasteiger partial charge in [-0.3, -0.25) is 4.79 Å². The summed E-state index contributed by atoms with van der Waals surface area (Å²) in [5, 5.41) is 10.5. The zero-order valence-corrected chi connectivity index (χ0v) is 10.6. The zero-order chi connectivity index (χ0) is 12.9. The minimum Gasteiger partial charge on any atom is -0.380 e. The zero-order valence-electron chi connectivity index (χ0n) is 9.81. The molecule has 1 fully saturated rings. The standard InChI is InChI=1S/C9H19N3O4S/c1-16-7-5-8(12-6-7)9(13)11-3-2-4-17(10,14)15/h7-8,12H,2-6H2,1H3,(H,11,13)(H2,10,14,15). The molecule has 0 aromatic heterocycles. The lowest BCUT2D eigenvalue weighted by molar-refractivity contribution is -0.122. The van der Waals surface area contributed by atoms with E-state index in [9.17, 15) is 13.2 Å². The molecule has 4 N–H and O–H groups in total. The van der Waals surface area contributed by atoms with Crippen LogP contribution >= 0.6 is 0 Å². The van der Waals surface area contributed by atoms with Crippen molar-refractivity contribution in [2.45, 2.75) is 25.0 Å². The Morgan fingerprint density at radius 3 is 2.82 bits per heavy atom. The van der Waals surface area contributed by atoms with Gasteiger partial charge in [0.15, 0.2) is 0 Å². The SMILES string of the molecule is COC1CNC(C(=O)NCCCS(N)(=O)=O)C1. The molecule has 7 nitrogen and oxygen atoms in total. The van der Waals surface area contributed by atoms with Crippen LogP contribution < -0.4 is 15.8 Å². The Kier molecular flexibility index (Phi) is 5.31. The third-order valence-electron chi connectivity index (χ3n) is 2.65. The molecule has 0 aliphatic carbocycles. The lowest BCUT2D eigenvalue weighted by Crippen LogP contribution is -2.41. The van der Waals surface area contributed by atoms with Crippen molar-refractivity contribution in [1.82, 2.24) is 10.6 Å². The van der Waals surface area contributed by atoms with Crippen LogP contribution in [0.25, 0.3) is 0 Å². The average Bonchev–Trinajstić information content (AvgIpc) is 2.71. The maximum Gasteiger partial charge on any atom is 0.237 e. The molecule has 0 aromatic rings. The van der Waals surface area contributed by atoms with Gasteiger partial charge in [0.05, 0.1) is 17.9 Å². The molecule has 0 radical (unpaired) electrons. The van der Waals surface area contributed by atoms with E-state index in [2.05, 4.69) is 10.6 Å². The number of hydrogen-bond acceptors (Lipinski definition) is 5. The average molecular weight is 265 g/mol. The molecular formula is C9H19N3O4S. The summed E-state index contributed by atoms with van der Waals surface area (Å²) < 4.78 is 26.4. The molecule has 1 amide bonds. The molecule has 2 atom stereocenters. The number of ether oxygens (including phenoxy) is 1. The largest absolute Gasteiger partial charge is 0.380 e. The van der Waals surface area contributed by atoms with Gasteiger partial charge in [-0.2, -0.15) is 0 Å². The maximum absolute atomic E-state index is 11.6. The number of carbonyl (C=O) groups excluding carboxylic acids is 1. The van der Waals surface area contributed by atoms with Gasteiger partial charge in [0.2, 0.25) is 15.9 Å². The fourth-order valence-corrected chi connectivity index (χ4v) is 2.24. The second-order valence-electron chi connectivity index (χ2n) is 4.07. The van der Waals surface area contributed by atoms with Gasteiger partial charge in [-0.25, -0.2) is 13.6 Å². The Bertz CT molecular complexity index is 357. The van der Waals surface area contributed by atoms with Crippen molar-refractivity contribution in [2.75, 3.05) is 26.0 Å². The molecule has 0 saturated carbocycles. The highest BCUT2D eigenvalue weighted by molar-refractivity contribution is 7.89. The predicted molar refractivity (Wildman–Crippen MR) is 62.8 cm³/mol. The van der Waals surface area contributed by atoms with Gasteiger partial charge in [-0.15, -0.1) is 0 Å². The first-order valence-electron chi connectivity index (χ1n) is 5.46. The first kappa shape index (κ1) is 14.4. The van der Waals surface area contributed by atoms with E-state index in [1.165, 1.54) is 0 Å². The monoisotopic (exact) mass is 265 g/mol. The second kappa shape index (κ2) is 6.29. The van der Waals surface area contributed by atoms with Crippen LogP contribution in [0.15, 0.2) is 0 Å².